The SMILES string of the molecule is Cc1c(-c2cccc[n+]2C)ccc2c3ccccc3c3ccccc3c12. The van der Waals surface area contributed by atoms with Crippen molar-refractivity contribution in [2.24, 2.45) is 7.05 Å². The van der Waals surface area contributed by atoms with Crippen LogP contribution in [-0.2, 0) is 7.05 Å². The molecular weight excluding hydrogens is 314 g/mol. The molecule has 0 N–H and O–H groups in total. The Morgan fingerprint density at radius 3 is 1.77 bits per heavy atom. The summed E-state index contributed by atoms with van der Waals surface area (Å²) in [4.78, 5) is 0. The highest BCUT2D eigenvalue weighted by atomic mass is 14.9. The van der Waals surface area contributed by atoms with Crippen molar-refractivity contribution in [1.29, 1.82) is 0 Å². The Balaban J connectivity index is 2.01. The summed E-state index contributed by atoms with van der Waals surface area (Å²) in [6.45, 7) is 2.26. The molecule has 26 heavy (non-hydrogen) atoms. The average Bonchev–Trinajstić information content (AvgIpc) is 2.69. The van der Waals surface area contributed by atoms with E-state index in [1.54, 1.807) is 0 Å². The molecule has 0 spiro atoms. The number of aromatic nitrogens is 1. The van der Waals surface area contributed by atoms with Crippen molar-refractivity contribution in [3.05, 3.63) is 90.6 Å². The van der Waals surface area contributed by atoms with Crippen LogP contribution in [0.15, 0.2) is 85.1 Å². The van der Waals surface area contributed by atoms with Crippen LogP contribution in [0.2, 0.25) is 0 Å². The monoisotopic (exact) mass is 334 g/mol. The van der Waals surface area contributed by atoms with Gasteiger partial charge in [0.2, 0.25) is 5.69 Å². The van der Waals surface area contributed by atoms with Gasteiger partial charge >= 0.3 is 0 Å². The third kappa shape index (κ3) is 2.07. The molecule has 124 valence electrons. The van der Waals surface area contributed by atoms with Gasteiger partial charge in [0.15, 0.2) is 6.20 Å². The first kappa shape index (κ1) is 15.1. The van der Waals surface area contributed by atoms with Crippen LogP contribution in [0.3, 0.4) is 0 Å². The van der Waals surface area contributed by atoms with E-state index in [0.717, 1.165) is 0 Å². The van der Waals surface area contributed by atoms with Crippen molar-refractivity contribution < 1.29 is 4.57 Å². The van der Waals surface area contributed by atoms with Crippen molar-refractivity contribution in [2.45, 2.75) is 6.92 Å². The van der Waals surface area contributed by atoms with Gasteiger partial charge in [0, 0.05) is 17.7 Å². The van der Waals surface area contributed by atoms with E-state index in [4.69, 9.17) is 0 Å². The molecule has 1 nitrogen and oxygen atoms in total. The van der Waals surface area contributed by atoms with Gasteiger partial charge in [-0.15, -0.1) is 0 Å². The van der Waals surface area contributed by atoms with E-state index in [1.807, 2.05) is 0 Å². The molecule has 0 aliphatic heterocycles. The molecule has 0 bridgehead atoms. The number of aryl methyl sites for hydroxylation is 2. The van der Waals surface area contributed by atoms with Crippen LogP contribution >= 0.6 is 0 Å². The van der Waals surface area contributed by atoms with Crippen LogP contribution < -0.4 is 4.57 Å². The Hall–Kier alpha value is -3.19. The second kappa shape index (κ2) is 5.67. The average molecular weight is 334 g/mol. The molecule has 5 aromatic rings. The Morgan fingerprint density at radius 2 is 1.12 bits per heavy atom. The fraction of sp³-hybridized carbons (Fsp3) is 0.0800. The van der Waals surface area contributed by atoms with Crippen molar-refractivity contribution in [2.75, 3.05) is 0 Å². The van der Waals surface area contributed by atoms with Gasteiger partial charge in [0.1, 0.15) is 7.05 Å². The van der Waals surface area contributed by atoms with Gasteiger partial charge in [-0.1, -0.05) is 54.6 Å². The quantitative estimate of drug-likeness (QED) is 0.263. The third-order valence-electron chi connectivity index (χ3n) is 5.50. The second-order valence-electron chi connectivity index (χ2n) is 6.95. The van der Waals surface area contributed by atoms with E-state index in [1.165, 1.54) is 49.1 Å². The van der Waals surface area contributed by atoms with Crippen molar-refractivity contribution in [3.63, 3.8) is 0 Å². The van der Waals surface area contributed by atoms with Crippen LogP contribution in [0.4, 0.5) is 0 Å². The fourth-order valence-corrected chi connectivity index (χ4v) is 4.25. The van der Waals surface area contributed by atoms with Gasteiger partial charge in [-0.25, -0.2) is 4.57 Å². The molecule has 0 saturated carbocycles. The molecule has 0 atom stereocenters. The molecule has 0 fully saturated rings. The van der Waals surface area contributed by atoms with E-state index in [2.05, 4.69) is 104 Å². The smallest absolute Gasteiger partial charge is 0.201 e. The minimum Gasteiger partial charge on any atom is -0.201 e. The third-order valence-corrected chi connectivity index (χ3v) is 5.50. The normalized spacial score (nSPS) is 11.5. The van der Waals surface area contributed by atoms with Gasteiger partial charge in [-0.2, -0.15) is 0 Å². The number of rotatable bonds is 1. The first-order chi connectivity index (χ1) is 12.8. The number of hydrogen-bond acceptors (Lipinski definition) is 0. The van der Waals surface area contributed by atoms with Gasteiger partial charge in [0.05, 0.1) is 0 Å². The fourth-order valence-electron chi connectivity index (χ4n) is 4.25. The van der Waals surface area contributed by atoms with Crippen molar-refractivity contribution in [1.82, 2.24) is 0 Å². The minimum atomic E-state index is 1.24. The zero-order chi connectivity index (χ0) is 17.7. The number of fused-ring (bicyclic) bond motifs is 6. The molecule has 1 heterocycles. The summed E-state index contributed by atoms with van der Waals surface area (Å²) >= 11 is 0. The lowest BCUT2D eigenvalue weighted by atomic mass is 9.89. The highest BCUT2D eigenvalue weighted by Crippen LogP contribution is 2.39. The summed E-state index contributed by atoms with van der Waals surface area (Å²) in [5, 5.41) is 8.01. The maximum absolute atomic E-state index is 2.29. The lowest BCUT2D eigenvalue weighted by molar-refractivity contribution is -0.660. The van der Waals surface area contributed by atoms with Gasteiger partial charge in [-0.05, 0) is 56.9 Å². The summed E-state index contributed by atoms with van der Waals surface area (Å²) in [5.74, 6) is 0. The molecule has 5 rings (SSSR count). The van der Waals surface area contributed by atoms with Gasteiger partial charge in [0.25, 0.3) is 0 Å². The lowest BCUT2D eigenvalue weighted by Crippen LogP contribution is -2.30. The summed E-state index contributed by atoms with van der Waals surface area (Å²) in [6, 6.07) is 28.5. The largest absolute Gasteiger partial charge is 0.212 e. The van der Waals surface area contributed by atoms with Crippen molar-refractivity contribution in [3.8, 4) is 11.3 Å². The first-order valence-corrected chi connectivity index (χ1v) is 9.03. The summed E-state index contributed by atoms with van der Waals surface area (Å²) in [7, 11) is 2.11. The maximum atomic E-state index is 2.29. The predicted octanol–water partition coefficient (Wildman–Crippen LogP) is 5.95. The summed E-state index contributed by atoms with van der Waals surface area (Å²) in [5.41, 5.74) is 3.87. The van der Waals surface area contributed by atoms with E-state index in [9.17, 15) is 0 Å². The van der Waals surface area contributed by atoms with Gasteiger partial charge in [-0.3, -0.25) is 0 Å². The lowest BCUT2D eigenvalue weighted by Gasteiger charge is -2.14. The summed E-state index contributed by atoms with van der Waals surface area (Å²) < 4.78 is 2.19. The van der Waals surface area contributed by atoms with Crippen molar-refractivity contribution >= 4 is 32.3 Å². The Bertz CT molecular complexity index is 1260. The second-order valence-corrected chi connectivity index (χ2v) is 6.95. The Kier molecular flexibility index (Phi) is 3.29. The standard InChI is InChI=1S/C25H20N/c1-17-18(24-13-7-8-16-26(24)2)14-15-23-21-11-4-3-9-19(21)20-10-5-6-12-22(20)25(17)23/h3-16H,1-2H3/q+1. The zero-order valence-corrected chi connectivity index (χ0v) is 15.0. The number of nitrogens with zero attached hydrogens (tertiary/aromatic N) is 1. The topological polar surface area (TPSA) is 3.88 Å². The van der Waals surface area contributed by atoms with E-state index < -0.39 is 0 Å². The molecular formula is C25H20N+. The number of pyridine rings is 1. The molecule has 4 aromatic carbocycles. The van der Waals surface area contributed by atoms with Crippen LogP contribution in [0, 0.1) is 6.92 Å². The Labute approximate surface area is 153 Å². The van der Waals surface area contributed by atoms with E-state index in [0.29, 0.717) is 0 Å². The molecule has 0 unspecified atom stereocenters. The molecule has 0 amide bonds. The minimum absolute atomic E-state index is 1.24. The highest BCUT2D eigenvalue weighted by molar-refractivity contribution is 6.26. The first-order valence-electron chi connectivity index (χ1n) is 9.03. The van der Waals surface area contributed by atoms with Crippen LogP contribution in [0.5, 0.6) is 0 Å². The van der Waals surface area contributed by atoms with E-state index in [-0.39, 0.29) is 0 Å². The number of hydrogen-bond donors (Lipinski definition) is 0. The molecule has 0 aliphatic carbocycles. The van der Waals surface area contributed by atoms with Crippen LogP contribution in [-0.4, -0.2) is 0 Å². The predicted molar refractivity (Wildman–Crippen MR) is 110 cm³/mol. The van der Waals surface area contributed by atoms with E-state index >= 15 is 0 Å². The Morgan fingerprint density at radius 1 is 0.577 bits per heavy atom. The van der Waals surface area contributed by atoms with Gasteiger partial charge < -0.3 is 0 Å². The summed E-state index contributed by atoms with van der Waals surface area (Å²) in [6.07, 6.45) is 2.11. The zero-order valence-electron chi connectivity index (χ0n) is 15.0. The highest BCUT2D eigenvalue weighted by Gasteiger charge is 2.16. The molecule has 0 aliphatic rings. The maximum Gasteiger partial charge on any atom is 0.212 e. The van der Waals surface area contributed by atoms with Crippen LogP contribution in [0.25, 0.3) is 43.6 Å². The number of benzene rings is 4. The molecule has 0 radical (unpaired) electrons. The van der Waals surface area contributed by atoms with Crippen LogP contribution in [0.1, 0.15) is 5.56 Å². The molecule has 0 saturated heterocycles. The molecule has 1 heteroatoms. The molecule has 1 aromatic heterocycles.